The number of piperidine rings is 1. The minimum absolute atomic E-state index is 0.0880. The zero-order valence-corrected chi connectivity index (χ0v) is 19.0. The van der Waals surface area contributed by atoms with Crippen molar-refractivity contribution < 1.29 is 28.2 Å². The Labute approximate surface area is 189 Å². The topological polar surface area (TPSA) is 97.8 Å². The minimum atomic E-state index is -0.792. The van der Waals surface area contributed by atoms with Crippen LogP contribution in [0, 0.1) is 17.2 Å². The molecule has 0 atom stereocenters. The first kappa shape index (κ1) is 23.6. The number of halogens is 1. The number of hydrogen-bond acceptors (Lipinski definition) is 8. The van der Waals surface area contributed by atoms with Gasteiger partial charge in [0.2, 0.25) is 5.91 Å². The highest BCUT2D eigenvalue weighted by atomic mass is 32.1. The maximum atomic E-state index is 13.7. The lowest BCUT2D eigenvalue weighted by Crippen LogP contribution is -2.45. The van der Waals surface area contributed by atoms with Gasteiger partial charge >= 0.3 is 11.9 Å². The Balaban J connectivity index is 1.51. The molecule has 0 aliphatic carbocycles. The minimum Gasteiger partial charge on any atom is -0.469 e. The van der Waals surface area contributed by atoms with Crippen LogP contribution in [0.1, 0.15) is 36.4 Å². The van der Waals surface area contributed by atoms with Crippen molar-refractivity contribution >= 4 is 34.3 Å². The van der Waals surface area contributed by atoms with Gasteiger partial charge in [0, 0.05) is 25.6 Å². The molecule has 0 bridgehead atoms. The number of rotatable bonds is 7. The quantitative estimate of drug-likeness (QED) is 0.498. The van der Waals surface area contributed by atoms with Gasteiger partial charge in [0.05, 0.1) is 18.7 Å². The number of hydrogen-bond donors (Lipinski definition) is 1. The fourth-order valence-corrected chi connectivity index (χ4v) is 4.16. The summed E-state index contributed by atoms with van der Waals surface area (Å²) in [6.07, 6.45) is 2.66. The lowest BCUT2D eigenvalue weighted by atomic mass is 9.92. The molecule has 32 heavy (non-hydrogen) atoms. The van der Waals surface area contributed by atoms with Crippen LogP contribution in [0.5, 0.6) is 5.75 Å². The molecule has 1 aromatic carbocycles. The van der Waals surface area contributed by atoms with Gasteiger partial charge < -0.3 is 19.7 Å². The van der Waals surface area contributed by atoms with Crippen molar-refractivity contribution in [2.24, 2.45) is 11.3 Å². The highest BCUT2D eigenvalue weighted by molar-refractivity contribution is 7.17. The van der Waals surface area contributed by atoms with E-state index in [0.717, 1.165) is 0 Å². The van der Waals surface area contributed by atoms with Crippen LogP contribution in [0.3, 0.4) is 0 Å². The van der Waals surface area contributed by atoms with Crippen molar-refractivity contribution in [2.45, 2.75) is 26.7 Å². The molecule has 2 heterocycles. The lowest BCUT2D eigenvalue weighted by Gasteiger charge is -2.31. The Morgan fingerprint density at radius 1 is 1.25 bits per heavy atom. The van der Waals surface area contributed by atoms with Crippen LogP contribution in [-0.4, -0.2) is 49.6 Å². The summed E-state index contributed by atoms with van der Waals surface area (Å²) in [5.74, 6) is -2.03. The summed E-state index contributed by atoms with van der Waals surface area (Å²) in [6, 6.07) is 5.71. The summed E-state index contributed by atoms with van der Waals surface area (Å²) >= 11 is 1.17. The number of esters is 2. The van der Waals surface area contributed by atoms with Gasteiger partial charge in [-0.1, -0.05) is 23.5 Å². The van der Waals surface area contributed by atoms with Crippen molar-refractivity contribution in [3.8, 4) is 5.75 Å². The number of anilines is 1. The highest BCUT2D eigenvalue weighted by Gasteiger charge is 2.32. The van der Waals surface area contributed by atoms with Crippen molar-refractivity contribution in [3.63, 3.8) is 0 Å². The van der Waals surface area contributed by atoms with E-state index in [1.54, 1.807) is 19.9 Å². The van der Waals surface area contributed by atoms with Gasteiger partial charge in [0.15, 0.2) is 16.7 Å². The Morgan fingerprint density at radius 3 is 2.59 bits per heavy atom. The molecule has 1 saturated heterocycles. The third-order valence-electron chi connectivity index (χ3n) is 5.31. The summed E-state index contributed by atoms with van der Waals surface area (Å²) < 4.78 is 23.6. The van der Waals surface area contributed by atoms with Gasteiger partial charge in [-0.25, -0.2) is 14.2 Å². The predicted molar refractivity (Wildman–Crippen MR) is 117 cm³/mol. The Kier molecular flexibility index (Phi) is 7.44. The maximum absolute atomic E-state index is 13.7. The number of thiazole rings is 1. The zero-order valence-electron chi connectivity index (χ0n) is 18.2. The lowest BCUT2D eigenvalue weighted by molar-refractivity contribution is -0.150. The number of benzene rings is 1. The van der Waals surface area contributed by atoms with Gasteiger partial charge in [0.1, 0.15) is 4.88 Å². The number of methoxy groups -OCH3 is 1. The first-order valence-electron chi connectivity index (χ1n) is 10.2. The van der Waals surface area contributed by atoms with E-state index in [9.17, 15) is 18.8 Å². The second-order valence-electron chi connectivity index (χ2n) is 8.18. The third-order valence-corrected chi connectivity index (χ3v) is 6.35. The first-order valence-corrected chi connectivity index (χ1v) is 11.1. The van der Waals surface area contributed by atoms with E-state index in [-0.39, 0.29) is 35.0 Å². The standard InChI is InChI=1S/C22H26FN3O5S/c1-22(2,20(29)30-3)13-25-18(27)14-8-10-26(11-9-14)21-24-12-17(32-21)19(28)31-16-7-5-4-6-15(16)23/h4-7,12,14H,8-11,13H2,1-3H3,(H,25,27). The molecule has 1 amide bonds. The molecule has 0 spiro atoms. The van der Waals surface area contributed by atoms with Crippen molar-refractivity contribution in [1.82, 2.24) is 10.3 Å². The molecule has 172 valence electrons. The van der Waals surface area contributed by atoms with E-state index in [0.29, 0.717) is 31.1 Å². The molecule has 8 nitrogen and oxygen atoms in total. The average molecular weight is 464 g/mol. The summed E-state index contributed by atoms with van der Waals surface area (Å²) in [6.45, 7) is 4.86. The van der Waals surface area contributed by atoms with Crippen molar-refractivity contribution in [1.29, 1.82) is 0 Å². The Bertz CT molecular complexity index is 985. The molecule has 3 rings (SSSR count). The number of aromatic nitrogens is 1. The summed E-state index contributed by atoms with van der Waals surface area (Å²) in [7, 11) is 1.32. The maximum Gasteiger partial charge on any atom is 0.355 e. The van der Waals surface area contributed by atoms with E-state index >= 15 is 0 Å². The van der Waals surface area contributed by atoms with E-state index in [1.807, 2.05) is 4.90 Å². The fourth-order valence-electron chi connectivity index (χ4n) is 3.32. The Hall–Kier alpha value is -3.01. The number of para-hydroxylation sites is 1. The van der Waals surface area contributed by atoms with Crippen LogP contribution < -0.4 is 15.0 Å². The monoisotopic (exact) mass is 463 g/mol. The van der Waals surface area contributed by atoms with Crippen LogP contribution in [0.25, 0.3) is 0 Å². The fraction of sp³-hybridized carbons (Fsp3) is 0.455. The summed E-state index contributed by atoms with van der Waals surface area (Å²) in [4.78, 5) is 43.1. The molecule has 1 fully saturated rings. The smallest absolute Gasteiger partial charge is 0.355 e. The molecular formula is C22H26FN3O5S. The molecular weight excluding hydrogens is 437 g/mol. The van der Waals surface area contributed by atoms with Crippen LogP contribution in [-0.2, 0) is 14.3 Å². The van der Waals surface area contributed by atoms with Gasteiger partial charge in [-0.15, -0.1) is 0 Å². The van der Waals surface area contributed by atoms with Crippen LogP contribution >= 0.6 is 11.3 Å². The second kappa shape index (κ2) is 10.1. The molecule has 0 saturated carbocycles. The van der Waals surface area contributed by atoms with E-state index in [1.165, 1.54) is 42.8 Å². The molecule has 10 heteroatoms. The molecule has 0 radical (unpaired) electrons. The van der Waals surface area contributed by atoms with Gasteiger partial charge in [-0.2, -0.15) is 0 Å². The van der Waals surface area contributed by atoms with Crippen molar-refractivity contribution in [3.05, 3.63) is 41.2 Å². The SMILES string of the molecule is COC(=O)C(C)(C)CNC(=O)C1CCN(c2ncc(C(=O)Oc3ccccc3F)s2)CC1. The molecule has 1 aliphatic heterocycles. The first-order chi connectivity index (χ1) is 15.2. The highest BCUT2D eigenvalue weighted by Crippen LogP contribution is 2.29. The van der Waals surface area contributed by atoms with Crippen LogP contribution in [0.4, 0.5) is 9.52 Å². The van der Waals surface area contributed by atoms with E-state index in [4.69, 9.17) is 9.47 Å². The second-order valence-corrected chi connectivity index (χ2v) is 9.19. The number of nitrogens with one attached hydrogen (secondary N) is 1. The van der Waals surface area contributed by atoms with Gasteiger partial charge in [0.25, 0.3) is 0 Å². The third kappa shape index (κ3) is 5.61. The van der Waals surface area contributed by atoms with E-state index < -0.39 is 17.2 Å². The predicted octanol–water partition coefficient (Wildman–Crippen LogP) is 3.03. The van der Waals surface area contributed by atoms with Gasteiger partial charge in [-0.05, 0) is 38.8 Å². The largest absolute Gasteiger partial charge is 0.469 e. The summed E-state index contributed by atoms with van der Waals surface area (Å²) in [5.41, 5.74) is -0.792. The molecule has 1 N–H and O–H groups in total. The number of carbonyl (C=O) groups excluding carboxylic acids is 3. The van der Waals surface area contributed by atoms with Crippen molar-refractivity contribution in [2.75, 3.05) is 31.6 Å². The molecule has 1 aromatic heterocycles. The number of ether oxygens (including phenoxy) is 2. The van der Waals surface area contributed by atoms with Gasteiger partial charge in [-0.3, -0.25) is 9.59 Å². The number of carbonyl (C=O) groups is 3. The number of amides is 1. The zero-order chi connectivity index (χ0) is 23.3. The normalized spacial score (nSPS) is 14.7. The molecule has 1 aliphatic rings. The van der Waals surface area contributed by atoms with E-state index in [2.05, 4.69) is 10.3 Å². The van der Waals surface area contributed by atoms with Crippen LogP contribution in [0.2, 0.25) is 0 Å². The molecule has 2 aromatic rings. The Morgan fingerprint density at radius 2 is 1.94 bits per heavy atom. The average Bonchev–Trinajstić information content (AvgIpc) is 3.29. The summed E-state index contributed by atoms with van der Waals surface area (Å²) in [5, 5.41) is 3.50. The number of nitrogens with zero attached hydrogens (tertiary/aromatic N) is 2. The van der Waals surface area contributed by atoms with Crippen LogP contribution in [0.15, 0.2) is 30.5 Å². The molecule has 0 unspecified atom stereocenters.